The minimum Gasteiger partial charge on any atom is -0.352 e. The van der Waals surface area contributed by atoms with Gasteiger partial charge in [0.05, 0.1) is 10.8 Å². The van der Waals surface area contributed by atoms with Crippen LogP contribution in [0.15, 0.2) is 23.1 Å². The maximum Gasteiger partial charge on any atom is 0.254 e. The van der Waals surface area contributed by atoms with Gasteiger partial charge in [0.25, 0.3) is 5.56 Å². The molecule has 2 aromatic heterocycles. The second-order valence-electron chi connectivity index (χ2n) is 8.20. The summed E-state index contributed by atoms with van der Waals surface area (Å²) in [6.45, 7) is 4.89. The first-order chi connectivity index (χ1) is 13.4. The number of aryl methyl sites for hydroxylation is 2. The molecule has 2 aromatic rings. The summed E-state index contributed by atoms with van der Waals surface area (Å²) >= 11 is 1.66. The molecule has 0 spiro atoms. The zero-order chi connectivity index (χ0) is 19.8. The lowest BCUT2D eigenvalue weighted by Crippen LogP contribution is -2.45. The molecular formula is C21H28N4O2S. The zero-order valence-corrected chi connectivity index (χ0v) is 17.5. The number of rotatable bonds is 3. The Bertz CT molecular complexity index is 951. The first-order valence-corrected chi connectivity index (χ1v) is 11.1. The molecule has 4 unspecified atom stereocenters. The van der Waals surface area contributed by atoms with Crippen LogP contribution in [-0.4, -0.2) is 39.2 Å². The van der Waals surface area contributed by atoms with Crippen LogP contribution in [0.4, 0.5) is 0 Å². The van der Waals surface area contributed by atoms with Crippen LogP contribution in [0, 0.1) is 12.8 Å². The highest BCUT2D eigenvalue weighted by Gasteiger charge is 2.33. The van der Waals surface area contributed by atoms with Crippen molar-refractivity contribution in [3.8, 4) is 0 Å². The number of carbonyl (C=O) groups is 1. The quantitative estimate of drug-likeness (QED) is 0.827. The lowest BCUT2D eigenvalue weighted by atomic mass is 9.74. The maximum absolute atomic E-state index is 13.1. The number of hydrogen-bond acceptors (Lipinski definition) is 5. The molecule has 0 bridgehead atoms. The van der Waals surface area contributed by atoms with Gasteiger partial charge < -0.3 is 15.2 Å². The summed E-state index contributed by atoms with van der Waals surface area (Å²) in [6, 6.07) is 4.11. The molecule has 2 fully saturated rings. The summed E-state index contributed by atoms with van der Waals surface area (Å²) in [5.41, 5.74) is 2.74. The first kappa shape index (κ1) is 19.5. The van der Waals surface area contributed by atoms with E-state index in [1.165, 1.54) is 0 Å². The van der Waals surface area contributed by atoms with Crippen LogP contribution >= 0.6 is 11.8 Å². The molecule has 7 heteroatoms. The van der Waals surface area contributed by atoms with E-state index in [0.29, 0.717) is 5.92 Å². The fraction of sp³-hybridized carbons (Fsp3) is 0.571. The molecule has 1 aliphatic heterocycles. The lowest BCUT2D eigenvalue weighted by molar-refractivity contribution is -0.121. The second kappa shape index (κ2) is 7.87. The highest BCUT2D eigenvalue weighted by Crippen LogP contribution is 2.37. The highest BCUT2D eigenvalue weighted by atomic mass is 32.2. The van der Waals surface area contributed by atoms with Gasteiger partial charge in [-0.2, -0.15) is 0 Å². The summed E-state index contributed by atoms with van der Waals surface area (Å²) < 4.78 is 1.75. The molecule has 2 aliphatic rings. The van der Waals surface area contributed by atoms with E-state index in [4.69, 9.17) is 0 Å². The predicted octanol–water partition coefficient (Wildman–Crippen LogP) is 2.29. The Labute approximate surface area is 169 Å². The van der Waals surface area contributed by atoms with E-state index in [1.807, 2.05) is 32.3 Å². The van der Waals surface area contributed by atoms with Gasteiger partial charge in [0.1, 0.15) is 0 Å². The molecule has 150 valence electrons. The molecule has 4 atom stereocenters. The number of aromatic nitrogens is 2. The van der Waals surface area contributed by atoms with Crippen LogP contribution in [0.5, 0.6) is 0 Å². The van der Waals surface area contributed by atoms with Crippen molar-refractivity contribution in [1.82, 2.24) is 20.2 Å². The van der Waals surface area contributed by atoms with Crippen molar-refractivity contribution < 1.29 is 4.79 Å². The van der Waals surface area contributed by atoms with Crippen LogP contribution in [-0.2, 0) is 11.8 Å². The molecule has 1 saturated carbocycles. The Morgan fingerprint density at radius 3 is 2.93 bits per heavy atom. The van der Waals surface area contributed by atoms with E-state index in [-0.39, 0.29) is 28.7 Å². The SMILES string of the molecule is Cc1cc2c(cn1)cc(C1CC(NC(=O)C3CNCS3)CCC1C)c(=O)n2C. The summed E-state index contributed by atoms with van der Waals surface area (Å²) in [4.78, 5) is 30.0. The van der Waals surface area contributed by atoms with Crippen LogP contribution in [0.2, 0.25) is 0 Å². The third kappa shape index (κ3) is 3.70. The molecule has 0 aromatic carbocycles. The van der Waals surface area contributed by atoms with Crippen LogP contribution in [0.25, 0.3) is 10.9 Å². The standard InChI is InChI=1S/C21H28N4O2S/c1-12-4-5-15(24-20(26)19-10-22-11-28-19)8-16(12)17-7-14-9-23-13(2)6-18(14)25(3)21(17)27/h6-7,9,12,15-16,19,22H,4-5,8,10-11H2,1-3H3,(H,24,26). The van der Waals surface area contributed by atoms with Gasteiger partial charge in [-0.1, -0.05) is 6.92 Å². The van der Waals surface area contributed by atoms with Crippen molar-refractivity contribution in [3.63, 3.8) is 0 Å². The Morgan fingerprint density at radius 2 is 2.18 bits per heavy atom. The van der Waals surface area contributed by atoms with Gasteiger partial charge in [0.2, 0.25) is 5.91 Å². The van der Waals surface area contributed by atoms with Crippen LogP contribution in [0.3, 0.4) is 0 Å². The smallest absolute Gasteiger partial charge is 0.254 e. The fourth-order valence-electron chi connectivity index (χ4n) is 4.51. The van der Waals surface area contributed by atoms with Crippen molar-refractivity contribution in [2.24, 2.45) is 13.0 Å². The molecule has 6 nitrogen and oxygen atoms in total. The van der Waals surface area contributed by atoms with E-state index in [9.17, 15) is 9.59 Å². The molecule has 1 amide bonds. The Kier molecular flexibility index (Phi) is 5.47. The van der Waals surface area contributed by atoms with Crippen molar-refractivity contribution in [3.05, 3.63) is 39.9 Å². The molecular weight excluding hydrogens is 372 g/mol. The third-order valence-electron chi connectivity index (χ3n) is 6.22. The number of nitrogens with zero attached hydrogens (tertiary/aromatic N) is 2. The molecule has 2 N–H and O–H groups in total. The second-order valence-corrected chi connectivity index (χ2v) is 9.40. The van der Waals surface area contributed by atoms with Gasteiger partial charge in [-0.05, 0) is 50.2 Å². The predicted molar refractivity (Wildman–Crippen MR) is 114 cm³/mol. The molecule has 28 heavy (non-hydrogen) atoms. The van der Waals surface area contributed by atoms with Crippen molar-refractivity contribution in [1.29, 1.82) is 0 Å². The van der Waals surface area contributed by atoms with Crippen molar-refractivity contribution >= 4 is 28.6 Å². The zero-order valence-electron chi connectivity index (χ0n) is 16.7. The van der Waals surface area contributed by atoms with Gasteiger partial charge in [-0.3, -0.25) is 14.6 Å². The van der Waals surface area contributed by atoms with Crippen molar-refractivity contribution in [2.45, 2.75) is 50.3 Å². The fourth-order valence-corrected chi connectivity index (χ4v) is 5.41. The maximum atomic E-state index is 13.1. The van der Waals surface area contributed by atoms with Crippen LogP contribution < -0.4 is 16.2 Å². The summed E-state index contributed by atoms with van der Waals surface area (Å²) in [6.07, 6.45) is 4.66. The number of thioether (sulfide) groups is 1. The normalized spacial score (nSPS) is 27.8. The number of nitrogens with one attached hydrogen (secondary N) is 2. The number of pyridine rings is 2. The monoisotopic (exact) mass is 400 g/mol. The Morgan fingerprint density at radius 1 is 1.36 bits per heavy atom. The number of amides is 1. The first-order valence-electron chi connectivity index (χ1n) is 10.0. The topological polar surface area (TPSA) is 76.0 Å². The van der Waals surface area contributed by atoms with E-state index < -0.39 is 0 Å². The molecule has 4 rings (SSSR count). The Hall–Kier alpha value is -1.86. The van der Waals surface area contributed by atoms with E-state index >= 15 is 0 Å². The van der Waals surface area contributed by atoms with Gasteiger partial charge >= 0.3 is 0 Å². The minimum atomic E-state index is 0.000604. The summed E-state index contributed by atoms with van der Waals surface area (Å²) in [5, 5.41) is 7.45. The van der Waals surface area contributed by atoms with Gasteiger partial charge in [-0.15, -0.1) is 11.8 Å². The number of carbonyl (C=O) groups excluding carboxylic acids is 1. The molecule has 1 saturated heterocycles. The van der Waals surface area contributed by atoms with Gasteiger partial charge in [0, 0.05) is 48.4 Å². The third-order valence-corrected chi connectivity index (χ3v) is 7.38. The average Bonchev–Trinajstić information content (AvgIpc) is 3.22. The van der Waals surface area contributed by atoms with Crippen LogP contribution in [0.1, 0.15) is 43.4 Å². The van der Waals surface area contributed by atoms with E-state index in [2.05, 4.69) is 22.5 Å². The largest absolute Gasteiger partial charge is 0.352 e. The molecule has 3 heterocycles. The summed E-state index contributed by atoms with van der Waals surface area (Å²) in [7, 11) is 1.84. The Balaban J connectivity index is 1.60. The summed E-state index contributed by atoms with van der Waals surface area (Å²) in [5.74, 6) is 1.53. The minimum absolute atomic E-state index is 0.000604. The highest BCUT2D eigenvalue weighted by molar-refractivity contribution is 8.00. The van der Waals surface area contributed by atoms with E-state index in [0.717, 1.165) is 53.8 Å². The van der Waals surface area contributed by atoms with E-state index in [1.54, 1.807) is 16.3 Å². The lowest BCUT2D eigenvalue weighted by Gasteiger charge is -2.35. The van der Waals surface area contributed by atoms with Gasteiger partial charge in [-0.25, -0.2) is 0 Å². The average molecular weight is 401 g/mol. The van der Waals surface area contributed by atoms with Crippen molar-refractivity contribution in [2.75, 3.05) is 12.4 Å². The number of fused-ring (bicyclic) bond motifs is 1. The number of hydrogen-bond donors (Lipinski definition) is 2. The van der Waals surface area contributed by atoms with Gasteiger partial charge in [0.15, 0.2) is 0 Å². The molecule has 0 radical (unpaired) electrons. The molecule has 1 aliphatic carbocycles.